The Morgan fingerprint density at radius 2 is 0.900 bits per heavy atom. The number of halogens is 1. The summed E-state index contributed by atoms with van der Waals surface area (Å²) in [5, 5.41) is 4.20. The van der Waals surface area contributed by atoms with Crippen LogP contribution in [-0.4, -0.2) is 0 Å². The molecule has 0 bridgehead atoms. The lowest BCUT2D eigenvalue weighted by Crippen LogP contribution is -2.20. The fourth-order valence-corrected chi connectivity index (χ4v) is 4.83. The summed E-state index contributed by atoms with van der Waals surface area (Å²) in [6.07, 6.45) is 0. The van der Waals surface area contributed by atoms with E-state index >= 15 is 0 Å². The molecule has 0 aliphatic heterocycles. The first-order valence-electron chi connectivity index (χ1n) is 6.50. The van der Waals surface area contributed by atoms with Gasteiger partial charge in [-0.1, -0.05) is 72.8 Å². The van der Waals surface area contributed by atoms with Crippen molar-refractivity contribution in [2.24, 2.45) is 0 Å². The molecule has 0 N–H and O–H groups in total. The van der Waals surface area contributed by atoms with Crippen molar-refractivity contribution < 1.29 is 0 Å². The van der Waals surface area contributed by atoms with Crippen LogP contribution in [0.25, 0.3) is 0 Å². The highest BCUT2D eigenvalue weighted by atomic mass is 127. The van der Waals surface area contributed by atoms with Gasteiger partial charge in [0.25, 0.3) is 0 Å². The Hall–Kier alpha value is -1.18. The van der Waals surface area contributed by atoms with Gasteiger partial charge in [0.1, 0.15) is 0 Å². The van der Waals surface area contributed by atoms with Crippen molar-refractivity contribution >= 4 is 46.4 Å². The van der Waals surface area contributed by atoms with Gasteiger partial charge in [0.05, 0.1) is 0 Å². The van der Waals surface area contributed by atoms with E-state index in [1.54, 1.807) is 0 Å². The van der Waals surface area contributed by atoms with Crippen LogP contribution in [0.1, 0.15) is 0 Å². The van der Waals surface area contributed by atoms with E-state index in [0.29, 0.717) is 0 Å². The van der Waals surface area contributed by atoms with E-state index in [-0.39, 0.29) is 0 Å². The quantitative estimate of drug-likeness (QED) is 0.469. The first-order valence-corrected chi connectivity index (χ1v) is 8.92. The van der Waals surface area contributed by atoms with Gasteiger partial charge in [-0.25, -0.2) is 0 Å². The molecule has 0 radical (unpaired) electrons. The van der Waals surface area contributed by atoms with Gasteiger partial charge >= 0.3 is 0 Å². The smallest absolute Gasteiger partial charge is 0.0130 e. The first-order chi connectivity index (χ1) is 9.84. The van der Waals surface area contributed by atoms with Crippen LogP contribution < -0.4 is 15.9 Å². The van der Waals surface area contributed by atoms with Gasteiger partial charge in [0.2, 0.25) is 0 Å². The largest absolute Gasteiger partial charge is 0.0622 e. The molecule has 0 amide bonds. The lowest BCUT2D eigenvalue weighted by Gasteiger charge is -2.19. The number of rotatable bonds is 3. The molecule has 2 heteroatoms. The van der Waals surface area contributed by atoms with E-state index < -0.39 is 7.92 Å². The van der Waals surface area contributed by atoms with Crippen LogP contribution in [0, 0.1) is 3.57 Å². The first kappa shape index (κ1) is 13.8. The van der Waals surface area contributed by atoms with Crippen molar-refractivity contribution in [1.82, 2.24) is 0 Å². The second-order valence-electron chi connectivity index (χ2n) is 4.48. The Labute approximate surface area is 134 Å². The number of benzene rings is 3. The molecule has 0 heterocycles. The van der Waals surface area contributed by atoms with Crippen molar-refractivity contribution in [2.45, 2.75) is 0 Å². The van der Waals surface area contributed by atoms with Crippen LogP contribution in [0.3, 0.4) is 0 Å². The van der Waals surface area contributed by atoms with Crippen molar-refractivity contribution in [3.05, 3.63) is 88.5 Å². The van der Waals surface area contributed by atoms with Gasteiger partial charge in [-0.2, -0.15) is 0 Å². The summed E-state index contributed by atoms with van der Waals surface area (Å²) < 4.78 is 1.28. The molecule has 0 saturated carbocycles. The normalized spacial score (nSPS) is 10.7. The fraction of sp³-hybridized carbons (Fsp3) is 0. The van der Waals surface area contributed by atoms with E-state index in [2.05, 4.69) is 108 Å². The van der Waals surface area contributed by atoms with Gasteiger partial charge in [-0.05, 0) is 58.6 Å². The lowest BCUT2D eigenvalue weighted by molar-refractivity contribution is 1.69. The molecule has 98 valence electrons. The van der Waals surface area contributed by atoms with Gasteiger partial charge in [-0.3, -0.25) is 0 Å². The van der Waals surface area contributed by atoms with Crippen LogP contribution in [0.5, 0.6) is 0 Å². The molecule has 3 rings (SSSR count). The van der Waals surface area contributed by atoms with Crippen LogP contribution in [0.2, 0.25) is 0 Å². The predicted octanol–water partition coefficient (Wildman–Crippen LogP) is 4.05. The minimum absolute atomic E-state index is 0.462. The molecule has 0 atom stereocenters. The molecule has 0 unspecified atom stereocenters. The zero-order valence-electron chi connectivity index (χ0n) is 10.9. The summed E-state index contributed by atoms with van der Waals surface area (Å²) in [6.45, 7) is 0. The highest BCUT2D eigenvalue weighted by molar-refractivity contribution is 14.1. The van der Waals surface area contributed by atoms with E-state index in [1.807, 2.05) is 0 Å². The number of hydrogen-bond acceptors (Lipinski definition) is 0. The third kappa shape index (κ3) is 3.11. The minimum Gasteiger partial charge on any atom is -0.0622 e. The Morgan fingerprint density at radius 3 is 1.35 bits per heavy atom. The molecule has 3 aromatic carbocycles. The molecule has 3 aromatic rings. The van der Waals surface area contributed by atoms with Crippen molar-refractivity contribution in [1.29, 1.82) is 0 Å². The zero-order valence-corrected chi connectivity index (χ0v) is 14.0. The van der Waals surface area contributed by atoms with Gasteiger partial charge in [-0.15, -0.1) is 0 Å². The maximum Gasteiger partial charge on any atom is 0.0130 e. The lowest BCUT2D eigenvalue weighted by atomic mass is 10.4. The Morgan fingerprint density at radius 1 is 0.500 bits per heavy atom. The summed E-state index contributed by atoms with van der Waals surface area (Å²) in [5.41, 5.74) is 0. The molecular formula is C18H14IP. The summed E-state index contributed by atoms with van der Waals surface area (Å²) in [6, 6.07) is 30.5. The third-order valence-electron chi connectivity index (χ3n) is 3.11. The molecule has 0 saturated heterocycles. The van der Waals surface area contributed by atoms with Crippen LogP contribution in [0.4, 0.5) is 0 Å². The summed E-state index contributed by atoms with van der Waals surface area (Å²) in [7, 11) is -0.462. The maximum absolute atomic E-state index is 2.36. The predicted molar refractivity (Wildman–Crippen MR) is 97.9 cm³/mol. The molecule has 0 aliphatic rings. The highest BCUT2D eigenvalue weighted by Crippen LogP contribution is 2.32. The summed E-state index contributed by atoms with van der Waals surface area (Å²) in [4.78, 5) is 0. The molecule has 0 aliphatic carbocycles. The summed E-state index contributed by atoms with van der Waals surface area (Å²) >= 11 is 2.36. The van der Waals surface area contributed by atoms with E-state index in [1.165, 1.54) is 19.5 Å². The van der Waals surface area contributed by atoms with Crippen molar-refractivity contribution in [3.63, 3.8) is 0 Å². The highest BCUT2D eigenvalue weighted by Gasteiger charge is 2.15. The second kappa shape index (κ2) is 6.51. The third-order valence-corrected chi connectivity index (χ3v) is 6.28. The molecule has 20 heavy (non-hydrogen) atoms. The maximum atomic E-state index is 2.36. The average Bonchev–Trinajstić information content (AvgIpc) is 2.52. The summed E-state index contributed by atoms with van der Waals surface area (Å²) in [5.74, 6) is 0. The Balaban J connectivity index is 2.11. The average molecular weight is 388 g/mol. The van der Waals surface area contributed by atoms with E-state index in [0.717, 1.165) is 0 Å². The Kier molecular flexibility index (Phi) is 4.49. The minimum atomic E-state index is -0.462. The molecule has 0 fully saturated rings. The fourth-order valence-electron chi connectivity index (χ4n) is 2.19. The molecule has 0 aromatic heterocycles. The van der Waals surface area contributed by atoms with Crippen LogP contribution in [0.15, 0.2) is 84.9 Å². The molecular weight excluding hydrogens is 374 g/mol. The monoisotopic (exact) mass is 388 g/mol. The zero-order chi connectivity index (χ0) is 13.8. The van der Waals surface area contributed by atoms with E-state index in [4.69, 9.17) is 0 Å². The Bertz CT molecular complexity index is 623. The van der Waals surface area contributed by atoms with E-state index in [9.17, 15) is 0 Å². The SMILES string of the molecule is Ic1ccc(P(c2ccccc2)c2ccccc2)cc1. The second-order valence-corrected chi connectivity index (χ2v) is 7.95. The van der Waals surface area contributed by atoms with Crippen LogP contribution in [-0.2, 0) is 0 Å². The molecule has 0 nitrogen and oxygen atoms in total. The van der Waals surface area contributed by atoms with Gasteiger partial charge in [0.15, 0.2) is 0 Å². The van der Waals surface area contributed by atoms with Crippen molar-refractivity contribution in [3.8, 4) is 0 Å². The van der Waals surface area contributed by atoms with Crippen LogP contribution >= 0.6 is 30.5 Å². The topological polar surface area (TPSA) is 0 Å². The van der Waals surface area contributed by atoms with Gasteiger partial charge in [0, 0.05) is 3.57 Å². The standard InChI is InChI=1S/C18H14IP/c19-15-11-13-18(14-12-15)20(16-7-3-1-4-8-16)17-9-5-2-6-10-17/h1-14H. The molecule has 0 spiro atoms. The number of hydrogen-bond donors (Lipinski definition) is 0. The van der Waals surface area contributed by atoms with Crippen molar-refractivity contribution in [2.75, 3.05) is 0 Å². The van der Waals surface area contributed by atoms with Gasteiger partial charge < -0.3 is 0 Å².